The molecule has 0 spiro atoms. The van der Waals surface area contributed by atoms with Gasteiger partial charge in [0.1, 0.15) is 5.56 Å². The number of H-pyrrole nitrogens is 1. The molecule has 1 amide bonds. The van der Waals surface area contributed by atoms with Gasteiger partial charge in [0.2, 0.25) is 0 Å². The number of ketones is 1. The summed E-state index contributed by atoms with van der Waals surface area (Å²) in [7, 11) is 0. The van der Waals surface area contributed by atoms with Crippen LogP contribution in [0.2, 0.25) is 0 Å². The lowest BCUT2D eigenvalue weighted by molar-refractivity contribution is -0.138. The molecule has 0 saturated heterocycles. The number of rotatable bonds is 9. The highest BCUT2D eigenvalue weighted by atomic mass is 19.4. The molecule has 1 aromatic heterocycles. The van der Waals surface area contributed by atoms with Crippen molar-refractivity contribution in [2.24, 2.45) is 0 Å². The second-order valence-corrected chi connectivity index (χ2v) is 7.58. The minimum absolute atomic E-state index is 0.0615. The number of aromatic nitrogens is 2. The van der Waals surface area contributed by atoms with Crippen molar-refractivity contribution < 1.29 is 32.7 Å². The zero-order chi connectivity index (χ0) is 25.6. The summed E-state index contributed by atoms with van der Waals surface area (Å²) in [5.41, 5.74) is -1.22. The molecule has 0 radical (unpaired) electrons. The van der Waals surface area contributed by atoms with E-state index in [0.29, 0.717) is 11.1 Å². The van der Waals surface area contributed by atoms with Gasteiger partial charge in [-0.2, -0.15) is 13.2 Å². The van der Waals surface area contributed by atoms with Gasteiger partial charge in [0, 0.05) is 19.0 Å². The van der Waals surface area contributed by atoms with Crippen LogP contribution in [0.5, 0.6) is 0 Å². The maximum absolute atomic E-state index is 12.9. The Bertz CT molecular complexity index is 1270. The van der Waals surface area contributed by atoms with Crippen molar-refractivity contribution in [1.29, 1.82) is 0 Å². The first-order chi connectivity index (χ1) is 16.6. The topological polar surface area (TPSA) is 129 Å². The Balaban J connectivity index is 1.83. The predicted octanol–water partition coefficient (Wildman–Crippen LogP) is 3.75. The van der Waals surface area contributed by atoms with Crippen LogP contribution in [0.15, 0.2) is 65.6 Å². The van der Waals surface area contributed by atoms with E-state index in [0.717, 1.165) is 18.3 Å². The molecule has 2 aromatic carbocycles. The maximum Gasteiger partial charge on any atom is 0.416 e. The number of nitrogens with zero attached hydrogens (tertiary/aromatic N) is 1. The lowest BCUT2D eigenvalue weighted by Gasteiger charge is -2.20. The van der Waals surface area contributed by atoms with Gasteiger partial charge < -0.3 is 15.4 Å². The SMILES string of the molecule is O=C(O)CCCC(=O)c1ncc(C(=O)NC(c2ccccc2)c2ccc(C(F)(F)F)cc2)c(=O)[nH]1. The highest BCUT2D eigenvalue weighted by Crippen LogP contribution is 2.31. The van der Waals surface area contributed by atoms with Crippen LogP contribution in [-0.4, -0.2) is 32.7 Å². The molecule has 0 bridgehead atoms. The summed E-state index contributed by atoms with van der Waals surface area (Å²) in [6.45, 7) is 0. The number of nitrogens with one attached hydrogen (secondary N) is 2. The molecule has 182 valence electrons. The van der Waals surface area contributed by atoms with Crippen molar-refractivity contribution >= 4 is 17.7 Å². The van der Waals surface area contributed by atoms with Gasteiger partial charge in [0.15, 0.2) is 11.6 Å². The normalized spacial score (nSPS) is 12.1. The number of hydrogen-bond acceptors (Lipinski definition) is 5. The zero-order valence-electron chi connectivity index (χ0n) is 18.1. The van der Waals surface area contributed by atoms with Crippen LogP contribution in [0.4, 0.5) is 13.2 Å². The monoisotopic (exact) mass is 487 g/mol. The molecule has 0 saturated carbocycles. The third kappa shape index (κ3) is 6.62. The molecule has 3 N–H and O–H groups in total. The second-order valence-electron chi connectivity index (χ2n) is 7.58. The van der Waals surface area contributed by atoms with Crippen LogP contribution in [0.25, 0.3) is 0 Å². The number of carbonyl (C=O) groups excluding carboxylic acids is 2. The Morgan fingerprint density at radius 3 is 2.17 bits per heavy atom. The number of carbonyl (C=O) groups is 3. The molecule has 3 rings (SSSR count). The number of Topliss-reactive ketones (excluding diaryl/α,β-unsaturated/α-hetero) is 1. The lowest BCUT2D eigenvalue weighted by Crippen LogP contribution is -2.34. The summed E-state index contributed by atoms with van der Waals surface area (Å²) in [6, 6.07) is 11.9. The predicted molar refractivity (Wildman–Crippen MR) is 118 cm³/mol. The molecule has 1 atom stereocenters. The molecule has 3 aromatic rings. The van der Waals surface area contributed by atoms with Gasteiger partial charge in [-0.25, -0.2) is 4.98 Å². The number of aromatic amines is 1. The van der Waals surface area contributed by atoms with E-state index in [-0.39, 0.29) is 25.1 Å². The van der Waals surface area contributed by atoms with E-state index in [4.69, 9.17) is 5.11 Å². The van der Waals surface area contributed by atoms with Crippen molar-refractivity contribution in [3.05, 3.63) is 99.2 Å². The minimum Gasteiger partial charge on any atom is -0.481 e. The maximum atomic E-state index is 12.9. The average molecular weight is 487 g/mol. The summed E-state index contributed by atoms with van der Waals surface area (Å²) < 4.78 is 38.8. The largest absolute Gasteiger partial charge is 0.481 e. The Morgan fingerprint density at radius 2 is 1.60 bits per heavy atom. The third-order valence-corrected chi connectivity index (χ3v) is 5.08. The van der Waals surface area contributed by atoms with E-state index in [1.807, 2.05) is 0 Å². The number of aliphatic carboxylic acids is 1. The standard InChI is InChI=1S/C24H20F3N3O5/c25-24(26,27)16-11-9-15(10-12-16)20(14-5-2-1-3-6-14)29-22(34)17-13-28-21(30-23(17)35)18(31)7-4-8-19(32)33/h1-3,5-6,9-13,20H,4,7-8H2,(H,29,34)(H,32,33)(H,28,30,35). The van der Waals surface area contributed by atoms with E-state index in [9.17, 15) is 32.3 Å². The molecule has 8 nitrogen and oxygen atoms in total. The Hall–Kier alpha value is -4.28. The van der Waals surface area contributed by atoms with Gasteiger partial charge >= 0.3 is 12.1 Å². The summed E-state index contributed by atoms with van der Waals surface area (Å²) >= 11 is 0. The van der Waals surface area contributed by atoms with Crippen LogP contribution in [0, 0.1) is 0 Å². The number of alkyl halides is 3. The van der Waals surface area contributed by atoms with Crippen molar-refractivity contribution in [3.8, 4) is 0 Å². The van der Waals surface area contributed by atoms with E-state index in [1.165, 1.54) is 12.1 Å². The molecular weight excluding hydrogens is 467 g/mol. The first kappa shape index (κ1) is 25.3. The molecule has 0 aliphatic carbocycles. The fourth-order valence-electron chi connectivity index (χ4n) is 3.29. The molecule has 1 heterocycles. The van der Waals surface area contributed by atoms with E-state index >= 15 is 0 Å². The minimum atomic E-state index is -4.52. The van der Waals surface area contributed by atoms with Crippen LogP contribution in [0.1, 0.15) is 63.0 Å². The van der Waals surface area contributed by atoms with Gasteiger partial charge in [-0.05, 0) is 29.7 Å². The van der Waals surface area contributed by atoms with Gasteiger partial charge in [-0.3, -0.25) is 19.2 Å². The van der Waals surface area contributed by atoms with Crippen molar-refractivity contribution in [3.63, 3.8) is 0 Å². The van der Waals surface area contributed by atoms with Crippen LogP contribution < -0.4 is 10.9 Å². The summed E-state index contributed by atoms with van der Waals surface area (Å²) in [4.78, 5) is 54.0. The fourth-order valence-corrected chi connectivity index (χ4v) is 3.29. The molecule has 35 heavy (non-hydrogen) atoms. The number of amides is 1. The summed E-state index contributed by atoms with van der Waals surface area (Å²) in [5, 5.41) is 11.3. The van der Waals surface area contributed by atoms with E-state index in [1.54, 1.807) is 30.3 Å². The summed E-state index contributed by atoms with van der Waals surface area (Å²) in [6.07, 6.45) is -3.90. The van der Waals surface area contributed by atoms with Gasteiger partial charge in [-0.1, -0.05) is 42.5 Å². The second kappa shape index (κ2) is 10.8. The van der Waals surface area contributed by atoms with Gasteiger partial charge in [0.25, 0.3) is 11.5 Å². The van der Waals surface area contributed by atoms with Crippen molar-refractivity contribution in [1.82, 2.24) is 15.3 Å². The molecule has 0 fully saturated rings. The van der Waals surface area contributed by atoms with Crippen LogP contribution in [0.3, 0.4) is 0 Å². The van der Waals surface area contributed by atoms with E-state index < -0.39 is 46.6 Å². The molecule has 11 heteroatoms. The van der Waals surface area contributed by atoms with Gasteiger partial charge in [-0.15, -0.1) is 0 Å². The first-order valence-electron chi connectivity index (χ1n) is 10.4. The molecule has 0 aliphatic rings. The average Bonchev–Trinajstić information content (AvgIpc) is 2.82. The first-order valence-corrected chi connectivity index (χ1v) is 10.4. The zero-order valence-corrected chi connectivity index (χ0v) is 18.1. The number of carboxylic acids is 1. The number of halogens is 3. The number of benzene rings is 2. The van der Waals surface area contributed by atoms with Crippen molar-refractivity contribution in [2.45, 2.75) is 31.5 Å². The Morgan fingerprint density at radius 1 is 0.971 bits per heavy atom. The molecule has 0 aliphatic heterocycles. The van der Waals surface area contributed by atoms with E-state index in [2.05, 4.69) is 15.3 Å². The molecule has 1 unspecified atom stereocenters. The molecular formula is C24H20F3N3O5. The number of carboxylic acid groups (broad SMARTS) is 1. The van der Waals surface area contributed by atoms with Crippen LogP contribution >= 0.6 is 0 Å². The number of hydrogen-bond donors (Lipinski definition) is 3. The Kier molecular flexibility index (Phi) is 7.80. The highest BCUT2D eigenvalue weighted by molar-refractivity contribution is 5.95. The quantitative estimate of drug-likeness (QED) is 0.395. The smallest absolute Gasteiger partial charge is 0.416 e. The van der Waals surface area contributed by atoms with Crippen LogP contribution in [-0.2, 0) is 11.0 Å². The lowest BCUT2D eigenvalue weighted by atomic mass is 9.97. The van der Waals surface area contributed by atoms with Gasteiger partial charge in [0.05, 0.1) is 11.6 Å². The summed E-state index contributed by atoms with van der Waals surface area (Å²) in [5.74, 6) is -2.80. The fraction of sp³-hybridized carbons (Fsp3) is 0.208. The Labute approximate surface area is 196 Å². The van der Waals surface area contributed by atoms with Crippen molar-refractivity contribution in [2.75, 3.05) is 0 Å². The third-order valence-electron chi connectivity index (χ3n) is 5.08. The highest BCUT2D eigenvalue weighted by Gasteiger charge is 2.30.